The van der Waals surface area contributed by atoms with Gasteiger partial charge < -0.3 is 5.73 Å². The van der Waals surface area contributed by atoms with Crippen LogP contribution in [0.25, 0.3) is 0 Å². The Balaban J connectivity index is 0. The molecule has 2 N–H and O–H groups in total. The molecule has 0 bridgehead atoms. The van der Waals surface area contributed by atoms with Crippen LogP contribution in [0, 0.1) is 5.92 Å². The molecule has 0 rings (SSSR count). The molecule has 0 saturated carbocycles. The average molecular weight is 158 g/mol. The van der Waals surface area contributed by atoms with Crippen molar-refractivity contribution in [1.82, 2.24) is 0 Å². The van der Waals surface area contributed by atoms with Crippen LogP contribution in [0.4, 0.5) is 0 Å². The number of aliphatic imine (C=N–C) groups is 1. The zero-order valence-corrected chi connectivity index (χ0v) is 8.52. The van der Waals surface area contributed by atoms with E-state index in [9.17, 15) is 0 Å². The van der Waals surface area contributed by atoms with Crippen molar-refractivity contribution < 1.29 is 0 Å². The average Bonchev–Trinajstić information content (AvgIpc) is 2.04. The van der Waals surface area contributed by atoms with Gasteiger partial charge in [0.05, 0.1) is 5.84 Å². The van der Waals surface area contributed by atoms with Crippen LogP contribution in [0.15, 0.2) is 4.99 Å². The molecule has 0 aliphatic carbocycles. The first-order valence-electron chi connectivity index (χ1n) is 4.29. The van der Waals surface area contributed by atoms with Crippen LogP contribution in [0.2, 0.25) is 0 Å². The van der Waals surface area contributed by atoms with Gasteiger partial charge in [-0.25, -0.2) is 0 Å². The van der Waals surface area contributed by atoms with Crippen molar-refractivity contribution in [3.63, 3.8) is 0 Å². The first-order chi connectivity index (χ1) is 5.08. The van der Waals surface area contributed by atoms with Crippen LogP contribution in [0.5, 0.6) is 0 Å². The zero-order chi connectivity index (χ0) is 9.28. The Morgan fingerprint density at radius 3 is 1.73 bits per heavy atom. The van der Waals surface area contributed by atoms with Gasteiger partial charge in [-0.05, 0) is 5.92 Å². The highest BCUT2D eigenvalue weighted by Crippen LogP contribution is 1.93. The predicted octanol–water partition coefficient (Wildman–Crippen LogP) is 2.44. The lowest BCUT2D eigenvalue weighted by Gasteiger charge is -1.90. The SMILES string of the molecule is CCC(C)C.CCC(N)=NC. The summed E-state index contributed by atoms with van der Waals surface area (Å²) in [7, 11) is 1.69. The summed E-state index contributed by atoms with van der Waals surface area (Å²) in [5.74, 6) is 1.60. The van der Waals surface area contributed by atoms with Crippen molar-refractivity contribution in [2.45, 2.75) is 40.5 Å². The minimum atomic E-state index is 0.718. The van der Waals surface area contributed by atoms with E-state index in [4.69, 9.17) is 5.73 Å². The smallest absolute Gasteiger partial charge is 0.0930 e. The summed E-state index contributed by atoms with van der Waals surface area (Å²) in [4.78, 5) is 3.70. The van der Waals surface area contributed by atoms with E-state index in [-0.39, 0.29) is 0 Å². The largest absolute Gasteiger partial charge is 0.387 e. The van der Waals surface area contributed by atoms with E-state index in [0.717, 1.165) is 18.2 Å². The van der Waals surface area contributed by atoms with Gasteiger partial charge in [-0.1, -0.05) is 34.1 Å². The second-order valence-corrected chi connectivity index (χ2v) is 2.87. The molecule has 2 heteroatoms. The van der Waals surface area contributed by atoms with Crippen molar-refractivity contribution in [1.29, 1.82) is 0 Å². The quantitative estimate of drug-likeness (QED) is 0.486. The van der Waals surface area contributed by atoms with Gasteiger partial charge in [0.15, 0.2) is 0 Å². The van der Waals surface area contributed by atoms with E-state index in [1.54, 1.807) is 7.05 Å². The molecule has 0 atom stereocenters. The van der Waals surface area contributed by atoms with Gasteiger partial charge in [0.1, 0.15) is 0 Å². The standard InChI is InChI=1S/C5H12.C4H10N2/c1-4-5(2)3;1-3-4(5)6-2/h5H,4H2,1-3H3;3H2,1-2H3,(H2,5,6). The van der Waals surface area contributed by atoms with Gasteiger partial charge in [0, 0.05) is 13.5 Å². The first kappa shape index (κ1) is 13.1. The molecule has 0 aliphatic rings. The molecule has 0 unspecified atom stereocenters. The fourth-order valence-electron chi connectivity index (χ4n) is 0.158. The van der Waals surface area contributed by atoms with Gasteiger partial charge in [-0.2, -0.15) is 0 Å². The van der Waals surface area contributed by atoms with Crippen molar-refractivity contribution in [2.75, 3.05) is 7.05 Å². The summed E-state index contributed by atoms with van der Waals surface area (Å²) < 4.78 is 0. The number of hydrogen-bond donors (Lipinski definition) is 1. The molecular weight excluding hydrogens is 136 g/mol. The molecule has 0 heterocycles. The van der Waals surface area contributed by atoms with E-state index in [0.29, 0.717) is 0 Å². The molecule has 11 heavy (non-hydrogen) atoms. The molecule has 2 nitrogen and oxygen atoms in total. The van der Waals surface area contributed by atoms with E-state index in [2.05, 4.69) is 25.8 Å². The molecule has 0 aromatic rings. The number of nitrogens with two attached hydrogens (primary N) is 1. The normalized spacial score (nSPS) is 10.9. The van der Waals surface area contributed by atoms with Crippen LogP contribution in [-0.4, -0.2) is 12.9 Å². The monoisotopic (exact) mass is 158 g/mol. The van der Waals surface area contributed by atoms with Gasteiger partial charge in [0.2, 0.25) is 0 Å². The first-order valence-corrected chi connectivity index (χ1v) is 4.29. The second kappa shape index (κ2) is 9.47. The van der Waals surface area contributed by atoms with Gasteiger partial charge >= 0.3 is 0 Å². The number of nitrogens with zero attached hydrogens (tertiary/aromatic N) is 1. The molecule has 0 saturated heterocycles. The predicted molar refractivity (Wildman–Crippen MR) is 53.0 cm³/mol. The highest BCUT2D eigenvalue weighted by atomic mass is 14.8. The molecule has 0 spiro atoms. The third kappa shape index (κ3) is 17.7. The Morgan fingerprint density at radius 2 is 1.73 bits per heavy atom. The van der Waals surface area contributed by atoms with Crippen molar-refractivity contribution in [3.05, 3.63) is 0 Å². The zero-order valence-electron chi connectivity index (χ0n) is 8.52. The third-order valence-electron chi connectivity index (χ3n) is 1.47. The highest BCUT2D eigenvalue weighted by molar-refractivity contribution is 5.79. The molecule has 0 fully saturated rings. The van der Waals surface area contributed by atoms with Crippen molar-refractivity contribution in [3.8, 4) is 0 Å². The minimum Gasteiger partial charge on any atom is -0.387 e. The highest BCUT2D eigenvalue weighted by Gasteiger charge is 1.80. The maximum absolute atomic E-state index is 5.22. The summed E-state index contributed by atoms with van der Waals surface area (Å²) in [6.45, 7) is 8.62. The summed E-state index contributed by atoms with van der Waals surface area (Å²) in [5.41, 5.74) is 5.22. The topological polar surface area (TPSA) is 38.4 Å². The van der Waals surface area contributed by atoms with Crippen LogP contribution >= 0.6 is 0 Å². The number of amidine groups is 1. The fourth-order valence-corrected chi connectivity index (χ4v) is 0.158. The lowest BCUT2D eigenvalue weighted by molar-refractivity contribution is 0.626. The third-order valence-corrected chi connectivity index (χ3v) is 1.47. The Labute approximate surface area is 70.9 Å². The fraction of sp³-hybridized carbons (Fsp3) is 0.889. The Kier molecular flexibility index (Phi) is 11.3. The number of rotatable bonds is 2. The van der Waals surface area contributed by atoms with E-state index in [1.807, 2.05) is 6.92 Å². The molecule has 0 radical (unpaired) electrons. The lowest BCUT2D eigenvalue weighted by atomic mass is 10.2. The maximum Gasteiger partial charge on any atom is 0.0930 e. The Hall–Kier alpha value is -0.530. The van der Waals surface area contributed by atoms with Gasteiger partial charge in [0.25, 0.3) is 0 Å². The molecule has 0 aromatic carbocycles. The summed E-state index contributed by atoms with van der Waals surface area (Å²) in [6, 6.07) is 0. The summed E-state index contributed by atoms with van der Waals surface area (Å²) in [6.07, 6.45) is 2.16. The molecule has 0 aromatic heterocycles. The Bertz CT molecular complexity index is 95.7. The van der Waals surface area contributed by atoms with E-state index < -0.39 is 0 Å². The lowest BCUT2D eigenvalue weighted by Crippen LogP contribution is -2.08. The molecular formula is C9H22N2. The molecule has 0 aliphatic heterocycles. The molecule has 68 valence electrons. The minimum absolute atomic E-state index is 0.718. The Morgan fingerprint density at radius 1 is 1.36 bits per heavy atom. The van der Waals surface area contributed by atoms with Crippen LogP contribution in [0.1, 0.15) is 40.5 Å². The summed E-state index contributed by atoms with van der Waals surface area (Å²) in [5, 5.41) is 0. The van der Waals surface area contributed by atoms with E-state index >= 15 is 0 Å². The van der Waals surface area contributed by atoms with Crippen LogP contribution < -0.4 is 5.73 Å². The van der Waals surface area contributed by atoms with E-state index in [1.165, 1.54) is 6.42 Å². The number of hydrogen-bond acceptors (Lipinski definition) is 1. The second-order valence-electron chi connectivity index (χ2n) is 2.87. The summed E-state index contributed by atoms with van der Waals surface area (Å²) >= 11 is 0. The van der Waals surface area contributed by atoms with Crippen molar-refractivity contribution >= 4 is 5.84 Å². The van der Waals surface area contributed by atoms with Gasteiger partial charge in [-0.15, -0.1) is 0 Å². The van der Waals surface area contributed by atoms with Gasteiger partial charge in [-0.3, -0.25) is 4.99 Å². The maximum atomic E-state index is 5.22. The van der Waals surface area contributed by atoms with Crippen LogP contribution in [0.3, 0.4) is 0 Å². The van der Waals surface area contributed by atoms with Crippen LogP contribution in [-0.2, 0) is 0 Å². The van der Waals surface area contributed by atoms with Crippen molar-refractivity contribution in [2.24, 2.45) is 16.6 Å². The molecule has 0 amide bonds.